The molecular weight excluding hydrogens is 290 g/mol. The van der Waals surface area contributed by atoms with Gasteiger partial charge in [-0.25, -0.2) is 4.68 Å². The van der Waals surface area contributed by atoms with E-state index in [0.29, 0.717) is 0 Å². The lowest BCUT2D eigenvalue weighted by molar-refractivity contribution is 0.806. The normalized spacial score (nSPS) is 10.5. The highest BCUT2D eigenvalue weighted by molar-refractivity contribution is 9.10. The van der Waals surface area contributed by atoms with Gasteiger partial charge in [-0.3, -0.25) is 0 Å². The average Bonchev–Trinajstić information content (AvgIpc) is 2.83. The second kappa shape index (κ2) is 4.74. The molecule has 4 heteroatoms. The van der Waals surface area contributed by atoms with Gasteiger partial charge in [0.2, 0.25) is 0 Å². The quantitative estimate of drug-likeness (QED) is 0.722. The van der Waals surface area contributed by atoms with Crippen LogP contribution in [0.2, 0.25) is 0 Å². The van der Waals surface area contributed by atoms with E-state index in [2.05, 4.69) is 26.2 Å². The van der Waals surface area contributed by atoms with Crippen LogP contribution in [-0.2, 0) is 0 Å². The van der Waals surface area contributed by atoms with Crippen LogP contribution in [0.4, 0.5) is 0 Å². The highest BCUT2D eigenvalue weighted by Gasteiger charge is 2.13. The number of rotatable bonds is 2. The van der Waals surface area contributed by atoms with Gasteiger partial charge in [0, 0.05) is 5.56 Å². The number of hydrogen-bond acceptors (Lipinski definition) is 2. The first-order valence-corrected chi connectivity index (χ1v) is 6.37. The first-order chi connectivity index (χ1) is 8.86. The average molecular weight is 300 g/mol. The van der Waals surface area contributed by atoms with E-state index >= 15 is 0 Å². The van der Waals surface area contributed by atoms with Gasteiger partial charge in [-0.05, 0) is 28.1 Å². The smallest absolute Gasteiger partial charge is 0.156 e. The third kappa shape index (κ3) is 1.95. The molecule has 0 N–H and O–H groups in total. The Labute approximate surface area is 113 Å². The molecule has 0 aliphatic heterocycles. The van der Waals surface area contributed by atoms with Crippen molar-refractivity contribution in [2.24, 2.45) is 0 Å². The molecule has 0 unspecified atom stereocenters. The zero-order valence-electron chi connectivity index (χ0n) is 9.49. The molecule has 0 radical (unpaired) electrons. The van der Waals surface area contributed by atoms with Crippen molar-refractivity contribution in [1.82, 2.24) is 15.0 Å². The predicted octanol–water partition coefficient (Wildman–Crippen LogP) is 3.70. The number of para-hydroxylation sites is 1. The summed E-state index contributed by atoms with van der Waals surface area (Å²) < 4.78 is 2.58. The van der Waals surface area contributed by atoms with E-state index in [1.54, 1.807) is 0 Å². The first-order valence-electron chi connectivity index (χ1n) is 5.58. The summed E-state index contributed by atoms with van der Waals surface area (Å²) in [7, 11) is 0. The van der Waals surface area contributed by atoms with Crippen molar-refractivity contribution in [3.63, 3.8) is 0 Å². The summed E-state index contributed by atoms with van der Waals surface area (Å²) in [5.74, 6) is 0. The SMILES string of the molecule is Brc1nnn(-c2ccccc2)c1-c1ccccc1. The standard InChI is InChI=1S/C14H10BrN3/c15-14-13(11-7-3-1-4-8-11)18(17-16-14)12-9-5-2-6-10-12/h1-10H. The third-order valence-electron chi connectivity index (χ3n) is 2.68. The van der Waals surface area contributed by atoms with Crippen molar-refractivity contribution < 1.29 is 0 Å². The van der Waals surface area contributed by atoms with Crippen molar-refractivity contribution >= 4 is 15.9 Å². The summed E-state index contributed by atoms with van der Waals surface area (Å²) >= 11 is 3.46. The Morgan fingerprint density at radius 3 is 2.11 bits per heavy atom. The third-order valence-corrected chi connectivity index (χ3v) is 3.21. The molecule has 3 rings (SSSR count). The number of aromatic nitrogens is 3. The van der Waals surface area contributed by atoms with Crippen LogP contribution >= 0.6 is 15.9 Å². The van der Waals surface area contributed by atoms with Crippen LogP contribution in [-0.4, -0.2) is 15.0 Å². The van der Waals surface area contributed by atoms with Crippen molar-refractivity contribution in [3.05, 3.63) is 65.3 Å². The minimum atomic E-state index is 0.748. The van der Waals surface area contributed by atoms with E-state index in [4.69, 9.17) is 0 Å². The molecule has 0 amide bonds. The van der Waals surface area contributed by atoms with E-state index in [1.807, 2.05) is 65.3 Å². The first kappa shape index (κ1) is 11.2. The summed E-state index contributed by atoms with van der Waals surface area (Å²) in [6, 6.07) is 20.1. The van der Waals surface area contributed by atoms with Gasteiger partial charge in [0.05, 0.1) is 5.69 Å². The monoisotopic (exact) mass is 299 g/mol. The van der Waals surface area contributed by atoms with Gasteiger partial charge in [-0.2, -0.15) is 0 Å². The molecule has 0 saturated carbocycles. The summed E-state index contributed by atoms with van der Waals surface area (Å²) in [6.45, 7) is 0. The van der Waals surface area contributed by atoms with Crippen molar-refractivity contribution in [3.8, 4) is 16.9 Å². The molecule has 0 aliphatic carbocycles. The fourth-order valence-electron chi connectivity index (χ4n) is 1.85. The van der Waals surface area contributed by atoms with Crippen LogP contribution in [0.15, 0.2) is 65.3 Å². The van der Waals surface area contributed by atoms with Crippen LogP contribution in [0.25, 0.3) is 16.9 Å². The molecular formula is C14H10BrN3. The minimum absolute atomic E-state index is 0.748. The van der Waals surface area contributed by atoms with Crippen LogP contribution in [0.5, 0.6) is 0 Å². The van der Waals surface area contributed by atoms with Gasteiger partial charge in [-0.15, -0.1) is 5.10 Å². The van der Waals surface area contributed by atoms with E-state index in [0.717, 1.165) is 21.5 Å². The number of halogens is 1. The molecule has 2 aromatic carbocycles. The molecule has 18 heavy (non-hydrogen) atoms. The predicted molar refractivity (Wildman–Crippen MR) is 74.5 cm³/mol. The Balaban J connectivity index is 2.19. The van der Waals surface area contributed by atoms with Crippen LogP contribution < -0.4 is 0 Å². The van der Waals surface area contributed by atoms with Gasteiger partial charge < -0.3 is 0 Å². The second-order valence-electron chi connectivity index (χ2n) is 3.84. The van der Waals surface area contributed by atoms with Gasteiger partial charge in [0.15, 0.2) is 4.60 Å². The van der Waals surface area contributed by atoms with Gasteiger partial charge >= 0.3 is 0 Å². The summed E-state index contributed by atoms with van der Waals surface area (Å²) in [5.41, 5.74) is 3.04. The molecule has 0 saturated heterocycles. The van der Waals surface area contributed by atoms with Gasteiger partial charge in [0.1, 0.15) is 5.69 Å². The van der Waals surface area contributed by atoms with Gasteiger partial charge in [0.25, 0.3) is 0 Å². The Hall–Kier alpha value is -1.94. The summed E-state index contributed by atoms with van der Waals surface area (Å²) in [4.78, 5) is 0. The van der Waals surface area contributed by atoms with Crippen molar-refractivity contribution in [2.45, 2.75) is 0 Å². The highest BCUT2D eigenvalue weighted by atomic mass is 79.9. The molecule has 0 bridgehead atoms. The number of hydrogen-bond donors (Lipinski definition) is 0. The lowest BCUT2D eigenvalue weighted by atomic mass is 10.1. The molecule has 0 fully saturated rings. The van der Waals surface area contributed by atoms with Crippen LogP contribution in [0.3, 0.4) is 0 Å². The second-order valence-corrected chi connectivity index (χ2v) is 4.59. The van der Waals surface area contributed by atoms with E-state index in [-0.39, 0.29) is 0 Å². The topological polar surface area (TPSA) is 30.7 Å². The molecule has 0 spiro atoms. The van der Waals surface area contributed by atoms with E-state index in [9.17, 15) is 0 Å². The Morgan fingerprint density at radius 2 is 1.44 bits per heavy atom. The van der Waals surface area contributed by atoms with Crippen LogP contribution in [0.1, 0.15) is 0 Å². The Bertz CT molecular complexity index is 647. The lowest BCUT2D eigenvalue weighted by Crippen LogP contribution is -1.98. The largest absolute Gasteiger partial charge is 0.212 e. The fraction of sp³-hybridized carbons (Fsp3) is 0. The highest BCUT2D eigenvalue weighted by Crippen LogP contribution is 2.28. The van der Waals surface area contributed by atoms with Crippen molar-refractivity contribution in [1.29, 1.82) is 0 Å². The fourth-order valence-corrected chi connectivity index (χ4v) is 2.32. The molecule has 88 valence electrons. The molecule has 0 atom stereocenters. The zero-order chi connectivity index (χ0) is 12.4. The zero-order valence-corrected chi connectivity index (χ0v) is 11.1. The minimum Gasteiger partial charge on any atom is -0.212 e. The van der Waals surface area contributed by atoms with E-state index < -0.39 is 0 Å². The maximum atomic E-state index is 4.18. The van der Waals surface area contributed by atoms with Crippen molar-refractivity contribution in [2.75, 3.05) is 0 Å². The number of nitrogens with zero attached hydrogens (tertiary/aromatic N) is 3. The molecule has 3 nitrogen and oxygen atoms in total. The Kier molecular flexibility index (Phi) is 2.94. The van der Waals surface area contributed by atoms with E-state index in [1.165, 1.54) is 0 Å². The lowest BCUT2D eigenvalue weighted by Gasteiger charge is -2.06. The Morgan fingerprint density at radius 1 is 0.833 bits per heavy atom. The molecule has 3 aromatic rings. The molecule has 1 heterocycles. The summed E-state index contributed by atoms with van der Waals surface area (Å²) in [5, 5.41) is 8.28. The maximum absolute atomic E-state index is 4.18. The van der Waals surface area contributed by atoms with Crippen LogP contribution in [0, 0.1) is 0 Å². The number of benzene rings is 2. The molecule has 1 aromatic heterocycles. The maximum Gasteiger partial charge on any atom is 0.156 e. The summed E-state index contributed by atoms with van der Waals surface area (Å²) in [6.07, 6.45) is 0. The molecule has 0 aliphatic rings. The van der Waals surface area contributed by atoms with Gasteiger partial charge in [-0.1, -0.05) is 53.7 Å².